The van der Waals surface area contributed by atoms with Crippen molar-refractivity contribution in [3.05, 3.63) is 40.2 Å². The number of methoxy groups -OCH3 is 1. The fourth-order valence-electron chi connectivity index (χ4n) is 2.54. The van der Waals surface area contributed by atoms with Gasteiger partial charge in [0.15, 0.2) is 0 Å². The zero-order valence-corrected chi connectivity index (χ0v) is 11.2. The van der Waals surface area contributed by atoms with Crippen LogP contribution in [0.3, 0.4) is 0 Å². The summed E-state index contributed by atoms with van der Waals surface area (Å²) in [6.45, 7) is 1.49. The standard InChI is InChI=1S/C15H15NO4/c1-19-10-4-5-11-12(9-14(17)20-13(11)8-10)15(18)16-6-2-3-7-16/h4-5,8-9H,2-3,6-7H2,1H3. The highest BCUT2D eigenvalue weighted by molar-refractivity contribution is 6.05. The molecule has 0 radical (unpaired) electrons. The van der Waals surface area contributed by atoms with Crippen LogP contribution in [-0.2, 0) is 0 Å². The number of carbonyl (C=O) groups excluding carboxylic acids is 1. The molecule has 1 fully saturated rings. The Bertz CT molecular complexity index is 713. The summed E-state index contributed by atoms with van der Waals surface area (Å²) in [5.74, 6) is 0.483. The highest BCUT2D eigenvalue weighted by atomic mass is 16.5. The highest BCUT2D eigenvalue weighted by Gasteiger charge is 2.22. The first-order valence-corrected chi connectivity index (χ1v) is 6.60. The van der Waals surface area contributed by atoms with E-state index in [0.717, 1.165) is 25.9 Å². The molecule has 1 aliphatic heterocycles. The summed E-state index contributed by atoms with van der Waals surface area (Å²) >= 11 is 0. The molecule has 1 amide bonds. The molecular formula is C15H15NO4. The van der Waals surface area contributed by atoms with Gasteiger partial charge in [0.05, 0.1) is 12.7 Å². The van der Waals surface area contributed by atoms with E-state index in [1.165, 1.54) is 6.07 Å². The summed E-state index contributed by atoms with van der Waals surface area (Å²) in [5, 5.41) is 0.641. The van der Waals surface area contributed by atoms with Gasteiger partial charge in [-0.25, -0.2) is 4.79 Å². The molecule has 1 aliphatic rings. The molecule has 3 rings (SSSR count). The topological polar surface area (TPSA) is 59.8 Å². The Morgan fingerprint density at radius 2 is 2.00 bits per heavy atom. The monoisotopic (exact) mass is 273 g/mol. The van der Waals surface area contributed by atoms with Crippen LogP contribution in [0.5, 0.6) is 5.75 Å². The molecular weight excluding hydrogens is 258 g/mol. The lowest BCUT2D eigenvalue weighted by molar-refractivity contribution is 0.0794. The zero-order valence-electron chi connectivity index (χ0n) is 11.2. The van der Waals surface area contributed by atoms with Crippen LogP contribution in [0.4, 0.5) is 0 Å². The van der Waals surface area contributed by atoms with Crippen molar-refractivity contribution in [2.45, 2.75) is 12.8 Å². The number of carbonyl (C=O) groups is 1. The van der Waals surface area contributed by atoms with E-state index in [1.54, 1.807) is 30.2 Å². The lowest BCUT2D eigenvalue weighted by Crippen LogP contribution is -2.28. The molecule has 0 unspecified atom stereocenters. The Kier molecular flexibility index (Phi) is 3.18. The van der Waals surface area contributed by atoms with Crippen LogP contribution in [0.25, 0.3) is 11.0 Å². The van der Waals surface area contributed by atoms with E-state index >= 15 is 0 Å². The second-order valence-corrected chi connectivity index (χ2v) is 4.84. The van der Waals surface area contributed by atoms with Crippen molar-refractivity contribution in [3.63, 3.8) is 0 Å². The van der Waals surface area contributed by atoms with Gasteiger partial charge in [0.2, 0.25) is 0 Å². The average molecular weight is 273 g/mol. The fraction of sp³-hybridized carbons (Fsp3) is 0.333. The first-order chi connectivity index (χ1) is 9.69. The summed E-state index contributed by atoms with van der Waals surface area (Å²) in [7, 11) is 1.54. The molecule has 104 valence electrons. The van der Waals surface area contributed by atoms with Crippen molar-refractivity contribution in [2.24, 2.45) is 0 Å². The maximum absolute atomic E-state index is 12.5. The number of hydrogen-bond acceptors (Lipinski definition) is 4. The number of hydrogen-bond donors (Lipinski definition) is 0. The first kappa shape index (κ1) is 12.7. The highest BCUT2D eigenvalue weighted by Crippen LogP contribution is 2.24. The number of likely N-dealkylation sites (tertiary alicyclic amines) is 1. The van der Waals surface area contributed by atoms with Gasteiger partial charge in [-0.2, -0.15) is 0 Å². The number of rotatable bonds is 2. The Labute approximate surface area is 115 Å². The molecule has 20 heavy (non-hydrogen) atoms. The van der Waals surface area contributed by atoms with E-state index < -0.39 is 5.63 Å². The smallest absolute Gasteiger partial charge is 0.337 e. The molecule has 5 nitrogen and oxygen atoms in total. The molecule has 1 aromatic carbocycles. The van der Waals surface area contributed by atoms with E-state index in [1.807, 2.05) is 0 Å². The Morgan fingerprint density at radius 3 is 2.70 bits per heavy atom. The summed E-state index contributed by atoms with van der Waals surface area (Å²) < 4.78 is 10.3. The maximum atomic E-state index is 12.5. The van der Waals surface area contributed by atoms with Crippen molar-refractivity contribution >= 4 is 16.9 Å². The summed E-state index contributed by atoms with van der Waals surface area (Å²) in [4.78, 5) is 25.9. The molecule has 0 spiro atoms. The van der Waals surface area contributed by atoms with Crippen LogP contribution in [-0.4, -0.2) is 31.0 Å². The third-order valence-corrected chi connectivity index (χ3v) is 3.58. The molecule has 1 aromatic heterocycles. The second kappa shape index (κ2) is 5.00. The molecule has 0 aliphatic carbocycles. The summed E-state index contributed by atoms with van der Waals surface area (Å²) in [6.07, 6.45) is 2.03. The van der Waals surface area contributed by atoms with Crippen LogP contribution >= 0.6 is 0 Å². The van der Waals surface area contributed by atoms with Gasteiger partial charge in [-0.15, -0.1) is 0 Å². The van der Waals surface area contributed by atoms with Crippen LogP contribution in [0.15, 0.2) is 33.5 Å². The molecule has 0 atom stereocenters. The normalized spacial score (nSPS) is 14.8. The summed E-state index contributed by atoms with van der Waals surface area (Å²) in [6, 6.07) is 6.40. The van der Waals surface area contributed by atoms with Gasteiger partial charge in [0.25, 0.3) is 5.91 Å². The van der Waals surface area contributed by atoms with E-state index in [4.69, 9.17) is 9.15 Å². The number of amides is 1. The Balaban J connectivity index is 2.14. The predicted octanol–water partition coefficient (Wildman–Crippen LogP) is 2.04. The minimum atomic E-state index is -0.520. The van der Waals surface area contributed by atoms with E-state index in [0.29, 0.717) is 22.3 Å². The molecule has 5 heteroatoms. The quantitative estimate of drug-likeness (QED) is 0.786. The molecule has 0 saturated carbocycles. The van der Waals surface area contributed by atoms with Gasteiger partial charge in [0.1, 0.15) is 11.3 Å². The van der Waals surface area contributed by atoms with Gasteiger partial charge in [-0.05, 0) is 25.0 Å². The predicted molar refractivity (Wildman–Crippen MR) is 74.2 cm³/mol. The van der Waals surface area contributed by atoms with Crippen molar-refractivity contribution < 1.29 is 13.9 Å². The average Bonchev–Trinajstić information content (AvgIpc) is 2.99. The van der Waals surface area contributed by atoms with Gasteiger partial charge in [0, 0.05) is 30.6 Å². The van der Waals surface area contributed by atoms with Crippen LogP contribution < -0.4 is 10.4 Å². The van der Waals surface area contributed by atoms with E-state index in [2.05, 4.69) is 0 Å². The van der Waals surface area contributed by atoms with Crippen molar-refractivity contribution in [2.75, 3.05) is 20.2 Å². The number of fused-ring (bicyclic) bond motifs is 1. The van der Waals surface area contributed by atoms with Crippen molar-refractivity contribution in [1.29, 1.82) is 0 Å². The molecule has 0 bridgehead atoms. The number of ether oxygens (including phenoxy) is 1. The number of nitrogens with zero attached hydrogens (tertiary/aromatic N) is 1. The van der Waals surface area contributed by atoms with Gasteiger partial charge in [-0.1, -0.05) is 0 Å². The Hall–Kier alpha value is -2.30. The zero-order chi connectivity index (χ0) is 14.1. The third kappa shape index (κ3) is 2.15. The molecule has 2 aromatic rings. The van der Waals surface area contributed by atoms with Gasteiger partial charge < -0.3 is 14.1 Å². The van der Waals surface area contributed by atoms with E-state index in [-0.39, 0.29) is 5.91 Å². The molecule has 1 saturated heterocycles. The third-order valence-electron chi connectivity index (χ3n) is 3.58. The van der Waals surface area contributed by atoms with E-state index in [9.17, 15) is 9.59 Å². The maximum Gasteiger partial charge on any atom is 0.337 e. The molecule has 2 heterocycles. The minimum Gasteiger partial charge on any atom is -0.497 e. The largest absolute Gasteiger partial charge is 0.497 e. The Morgan fingerprint density at radius 1 is 1.25 bits per heavy atom. The lowest BCUT2D eigenvalue weighted by Gasteiger charge is -2.16. The van der Waals surface area contributed by atoms with Gasteiger partial charge >= 0.3 is 5.63 Å². The number of benzene rings is 1. The van der Waals surface area contributed by atoms with Crippen LogP contribution in [0.1, 0.15) is 23.2 Å². The second-order valence-electron chi connectivity index (χ2n) is 4.84. The van der Waals surface area contributed by atoms with Crippen LogP contribution in [0.2, 0.25) is 0 Å². The fourth-order valence-corrected chi connectivity index (χ4v) is 2.54. The SMILES string of the molecule is COc1ccc2c(C(=O)N3CCCC3)cc(=O)oc2c1. The minimum absolute atomic E-state index is 0.106. The molecule has 0 N–H and O–H groups in total. The van der Waals surface area contributed by atoms with Gasteiger partial charge in [-0.3, -0.25) is 4.79 Å². The first-order valence-electron chi connectivity index (χ1n) is 6.60. The van der Waals surface area contributed by atoms with Crippen molar-refractivity contribution in [1.82, 2.24) is 4.90 Å². The summed E-state index contributed by atoms with van der Waals surface area (Å²) in [5.41, 5.74) is 0.258. The van der Waals surface area contributed by atoms with Crippen LogP contribution in [0, 0.1) is 0 Å². The van der Waals surface area contributed by atoms with Crippen molar-refractivity contribution in [3.8, 4) is 5.75 Å². The lowest BCUT2D eigenvalue weighted by atomic mass is 10.1.